The largest absolute Gasteiger partial charge is 0.468 e. The minimum absolute atomic E-state index is 0.255. The molecule has 10 heteroatoms. The summed E-state index contributed by atoms with van der Waals surface area (Å²) in [5, 5.41) is 5.03. The zero-order chi connectivity index (χ0) is 19.8. The van der Waals surface area contributed by atoms with Gasteiger partial charge in [0.1, 0.15) is 25.2 Å². The van der Waals surface area contributed by atoms with Gasteiger partial charge in [-0.05, 0) is 25.0 Å². The number of hydrogen-bond acceptors (Lipinski definition) is 8. The smallest absolute Gasteiger partial charge is 0.325 e. The number of methoxy groups -OCH3 is 2. The molecular formula is C17H22N4O6. The first-order chi connectivity index (χ1) is 13.0. The molecule has 2 N–H and O–H groups in total. The number of carbonyl (C=O) groups is 4. The molecule has 0 bridgehead atoms. The van der Waals surface area contributed by atoms with Gasteiger partial charge in [-0.25, -0.2) is 0 Å². The van der Waals surface area contributed by atoms with Gasteiger partial charge in [-0.1, -0.05) is 0 Å². The first-order valence-corrected chi connectivity index (χ1v) is 8.35. The average molecular weight is 378 g/mol. The van der Waals surface area contributed by atoms with E-state index in [0.29, 0.717) is 18.5 Å². The third-order valence-corrected chi connectivity index (χ3v) is 4.22. The Morgan fingerprint density at radius 1 is 0.963 bits per heavy atom. The number of rotatable bonds is 7. The molecule has 1 aromatic heterocycles. The zero-order valence-electron chi connectivity index (χ0n) is 15.1. The maximum atomic E-state index is 12.5. The highest BCUT2D eigenvalue weighted by molar-refractivity contribution is 5.94. The number of anilines is 1. The Labute approximate surface area is 156 Å². The zero-order valence-corrected chi connectivity index (χ0v) is 15.1. The third-order valence-electron chi connectivity index (χ3n) is 4.22. The normalized spacial score (nSPS) is 18.5. The van der Waals surface area contributed by atoms with E-state index in [9.17, 15) is 19.2 Å². The molecule has 2 heterocycles. The third kappa shape index (κ3) is 5.16. The molecule has 10 nitrogen and oxygen atoms in total. The van der Waals surface area contributed by atoms with Gasteiger partial charge in [-0.15, -0.1) is 0 Å². The topological polar surface area (TPSA) is 127 Å². The molecule has 0 radical (unpaired) electrons. The van der Waals surface area contributed by atoms with Crippen molar-refractivity contribution in [2.24, 2.45) is 0 Å². The van der Waals surface area contributed by atoms with E-state index in [-0.39, 0.29) is 24.9 Å². The van der Waals surface area contributed by atoms with Crippen LogP contribution < -0.4 is 15.5 Å². The van der Waals surface area contributed by atoms with Gasteiger partial charge >= 0.3 is 11.9 Å². The summed E-state index contributed by atoms with van der Waals surface area (Å²) in [6.07, 6.45) is 3.93. The van der Waals surface area contributed by atoms with Crippen LogP contribution in [0.4, 0.5) is 5.69 Å². The van der Waals surface area contributed by atoms with Crippen molar-refractivity contribution in [1.29, 1.82) is 0 Å². The quantitative estimate of drug-likeness (QED) is 0.578. The van der Waals surface area contributed by atoms with Gasteiger partial charge in [0.15, 0.2) is 0 Å². The molecule has 1 saturated heterocycles. The molecule has 0 saturated carbocycles. The maximum absolute atomic E-state index is 12.5. The van der Waals surface area contributed by atoms with E-state index < -0.39 is 24.0 Å². The summed E-state index contributed by atoms with van der Waals surface area (Å²) in [5.74, 6) is -1.91. The fraction of sp³-hybridized carbons (Fsp3) is 0.471. The lowest BCUT2D eigenvalue weighted by molar-refractivity contribution is -0.141. The number of hydrogen-bond donors (Lipinski definition) is 2. The highest BCUT2D eigenvalue weighted by atomic mass is 16.5. The Morgan fingerprint density at radius 2 is 1.41 bits per heavy atom. The van der Waals surface area contributed by atoms with Gasteiger partial charge in [0.2, 0.25) is 11.8 Å². The number of nitrogens with one attached hydrogen (secondary N) is 2. The van der Waals surface area contributed by atoms with E-state index in [1.807, 2.05) is 0 Å². The summed E-state index contributed by atoms with van der Waals surface area (Å²) < 4.78 is 9.03. The molecule has 2 amide bonds. The van der Waals surface area contributed by atoms with Gasteiger partial charge in [0.05, 0.1) is 14.2 Å². The van der Waals surface area contributed by atoms with Crippen LogP contribution in [0.1, 0.15) is 12.8 Å². The van der Waals surface area contributed by atoms with Crippen LogP contribution in [0.3, 0.4) is 0 Å². The standard InChI is InChI=1S/C17H22N4O6/c1-26-14(22)9-19-16(24)12-3-4-13(17(25)20-10-15(23)27-2)21(12)11-5-7-18-8-6-11/h5-8,12-13H,3-4,9-10H2,1-2H3,(H,19,24)(H,20,25)/t12-,13-/m0/s1. The monoisotopic (exact) mass is 378 g/mol. The molecule has 2 rings (SSSR count). The molecule has 0 aliphatic carbocycles. The molecule has 1 aromatic rings. The average Bonchev–Trinajstić information content (AvgIpc) is 3.15. The van der Waals surface area contributed by atoms with Crippen molar-refractivity contribution >= 4 is 29.4 Å². The molecule has 146 valence electrons. The number of aromatic nitrogens is 1. The Morgan fingerprint density at radius 3 is 1.81 bits per heavy atom. The summed E-state index contributed by atoms with van der Waals surface area (Å²) in [4.78, 5) is 53.2. The number of pyridine rings is 1. The summed E-state index contributed by atoms with van der Waals surface area (Å²) in [7, 11) is 2.46. The summed E-state index contributed by atoms with van der Waals surface area (Å²) >= 11 is 0. The van der Waals surface area contributed by atoms with Gasteiger partial charge in [-0.2, -0.15) is 0 Å². The molecule has 1 fully saturated rings. The fourth-order valence-electron chi connectivity index (χ4n) is 2.90. The Bertz CT molecular complexity index is 656. The van der Waals surface area contributed by atoms with E-state index in [1.165, 1.54) is 14.2 Å². The Hall–Kier alpha value is -3.17. The van der Waals surface area contributed by atoms with Crippen LogP contribution in [0.15, 0.2) is 24.5 Å². The molecule has 0 unspecified atom stereocenters. The molecule has 2 atom stereocenters. The molecule has 27 heavy (non-hydrogen) atoms. The number of ether oxygens (including phenoxy) is 2. The molecular weight excluding hydrogens is 356 g/mol. The first kappa shape index (κ1) is 20.1. The van der Waals surface area contributed by atoms with E-state index >= 15 is 0 Å². The van der Waals surface area contributed by atoms with Crippen molar-refractivity contribution < 1.29 is 28.7 Å². The molecule has 0 spiro atoms. The SMILES string of the molecule is COC(=O)CNC(=O)[C@@H]1CC[C@@H](C(=O)NCC(=O)OC)N1c1ccncc1. The Balaban J connectivity index is 2.15. The summed E-state index contributed by atoms with van der Waals surface area (Å²) in [6, 6.07) is 2.08. The first-order valence-electron chi connectivity index (χ1n) is 8.35. The predicted molar refractivity (Wildman–Crippen MR) is 93.6 cm³/mol. The van der Waals surface area contributed by atoms with Crippen molar-refractivity contribution in [2.75, 3.05) is 32.2 Å². The van der Waals surface area contributed by atoms with Crippen molar-refractivity contribution in [3.63, 3.8) is 0 Å². The number of esters is 2. The highest BCUT2D eigenvalue weighted by Crippen LogP contribution is 2.30. The lowest BCUT2D eigenvalue weighted by Crippen LogP contribution is -2.52. The molecule has 1 aliphatic heterocycles. The van der Waals surface area contributed by atoms with Crippen molar-refractivity contribution in [1.82, 2.24) is 15.6 Å². The number of amides is 2. The Kier molecular flexibility index (Phi) is 7.09. The van der Waals surface area contributed by atoms with Crippen molar-refractivity contribution in [3.05, 3.63) is 24.5 Å². The number of carbonyl (C=O) groups excluding carboxylic acids is 4. The second-order valence-corrected chi connectivity index (χ2v) is 5.81. The highest BCUT2D eigenvalue weighted by Gasteiger charge is 2.41. The summed E-state index contributed by atoms with van der Waals surface area (Å²) in [5.41, 5.74) is 0.638. The maximum Gasteiger partial charge on any atom is 0.325 e. The lowest BCUT2D eigenvalue weighted by atomic mass is 10.2. The van der Waals surface area contributed by atoms with Crippen molar-refractivity contribution in [3.8, 4) is 0 Å². The van der Waals surface area contributed by atoms with Crippen LogP contribution in [-0.2, 0) is 28.7 Å². The molecule has 1 aliphatic rings. The van der Waals surface area contributed by atoms with Crippen LogP contribution in [-0.4, -0.2) is 68.1 Å². The van der Waals surface area contributed by atoms with Crippen LogP contribution in [0.5, 0.6) is 0 Å². The van der Waals surface area contributed by atoms with Crippen LogP contribution >= 0.6 is 0 Å². The van der Waals surface area contributed by atoms with Crippen molar-refractivity contribution in [2.45, 2.75) is 24.9 Å². The lowest BCUT2D eigenvalue weighted by Gasteiger charge is -2.30. The fourth-order valence-corrected chi connectivity index (χ4v) is 2.90. The van der Waals surface area contributed by atoms with Gasteiger partial charge < -0.3 is 25.0 Å². The summed E-state index contributed by atoms with van der Waals surface area (Å²) in [6.45, 7) is -0.509. The van der Waals surface area contributed by atoms with Crippen LogP contribution in [0.2, 0.25) is 0 Å². The molecule has 0 aromatic carbocycles. The minimum Gasteiger partial charge on any atom is -0.468 e. The predicted octanol–water partition coefficient (Wildman–Crippen LogP) is -1.00. The van der Waals surface area contributed by atoms with Gasteiger partial charge in [0.25, 0.3) is 0 Å². The van der Waals surface area contributed by atoms with E-state index in [4.69, 9.17) is 0 Å². The van der Waals surface area contributed by atoms with E-state index in [2.05, 4.69) is 25.1 Å². The number of nitrogens with zero attached hydrogens (tertiary/aromatic N) is 2. The minimum atomic E-state index is -0.647. The van der Waals surface area contributed by atoms with Gasteiger partial charge in [0, 0.05) is 18.1 Å². The van der Waals surface area contributed by atoms with Crippen LogP contribution in [0, 0.1) is 0 Å². The van der Waals surface area contributed by atoms with Gasteiger partial charge in [-0.3, -0.25) is 24.2 Å². The van der Waals surface area contributed by atoms with E-state index in [0.717, 1.165) is 0 Å². The second-order valence-electron chi connectivity index (χ2n) is 5.81. The van der Waals surface area contributed by atoms with E-state index in [1.54, 1.807) is 29.4 Å². The second kappa shape index (κ2) is 9.51. The van der Waals surface area contributed by atoms with Crippen LogP contribution in [0.25, 0.3) is 0 Å².